The van der Waals surface area contributed by atoms with E-state index >= 15 is 0 Å². The van der Waals surface area contributed by atoms with Crippen molar-refractivity contribution in [1.82, 2.24) is 15.1 Å². The molecule has 0 aliphatic carbocycles. The fraction of sp³-hybridized carbons (Fsp3) is 0.100. The Hall–Kier alpha value is -4.01. The first-order valence-corrected chi connectivity index (χ1v) is 8.74. The smallest absolute Gasteiger partial charge is 0.379 e. The molecule has 0 aliphatic rings. The van der Waals surface area contributed by atoms with Gasteiger partial charge in [-0.15, -0.1) is 0 Å². The average Bonchev–Trinajstić information content (AvgIpc) is 3.35. The van der Waals surface area contributed by atoms with Crippen LogP contribution in [-0.4, -0.2) is 33.6 Å². The van der Waals surface area contributed by atoms with E-state index in [0.717, 1.165) is 0 Å². The minimum Gasteiger partial charge on any atom is -0.460 e. The minimum absolute atomic E-state index is 0.116. The Morgan fingerprint density at radius 3 is 2.90 bits per heavy atom. The van der Waals surface area contributed by atoms with E-state index < -0.39 is 11.9 Å². The third-order valence-corrected chi connectivity index (χ3v) is 4.08. The summed E-state index contributed by atoms with van der Waals surface area (Å²) in [6.07, 6.45) is 0. The molecule has 0 fully saturated rings. The molecule has 0 saturated heterocycles. The van der Waals surface area contributed by atoms with Crippen LogP contribution in [0.1, 0.15) is 28.0 Å². The third-order valence-electron chi connectivity index (χ3n) is 4.08. The lowest BCUT2D eigenvalue weighted by molar-refractivity contribution is 0.0508. The zero-order chi connectivity index (χ0) is 20.4. The summed E-state index contributed by atoms with van der Waals surface area (Å²) in [5.74, 6) is -1.51. The van der Waals surface area contributed by atoms with Crippen LogP contribution in [0.15, 0.2) is 53.1 Å². The van der Waals surface area contributed by atoms with E-state index in [9.17, 15) is 14.0 Å². The van der Waals surface area contributed by atoms with Gasteiger partial charge in [0.25, 0.3) is 17.6 Å². The largest absolute Gasteiger partial charge is 0.460 e. The zero-order valence-corrected chi connectivity index (χ0v) is 15.2. The van der Waals surface area contributed by atoms with E-state index in [4.69, 9.17) is 9.26 Å². The summed E-state index contributed by atoms with van der Waals surface area (Å²) in [5, 5.41) is 6.94. The van der Waals surface area contributed by atoms with Crippen LogP contribution in [0.2, 0.25) is 0 Å². The predicted molar refractivity (Wildman–Crippen MR) is 102 cm³/mol. The third kappa shape index (κ3) is 3.84. The van der Waals surface area contributed by atoms with Crippen molar-refractivity contribution < 1.29 is 23.2 Å². The highest BCUT2D eigenvalue weighted by Crippen LogP contribution is 2.22. The van der Waals surface area contributed by atoms with Crippen LogP contribution in [-0.2, 0) is 4.74 Å². The zero-order valence-electron chi connectivity index (χ0n) is 15.2. The van der Waals surface area contributed by atoms with Gasteiger partial charge in [-0.2, -0.15) is 4.98 Å². The normalized spacial score (nSPS) is 10.8. The fourth-order valence-corrected chi connectivity index (χ4v) is 2.77. The molecule has 146 valence electrons. The number of hydrogen-bond donors (Lipinski definition) is 2. The molecule has 8 nitrogen and oxygen atoms in total. The molecule has 0 bridgehead atoms. The minimum atomic E-state index is -0.679. The molecule has 0 spiro atoms. The molecular formula is C20H15FN4O4. The summed E-state index contributed by atoms with van der Waals surface area (Å²) in [7, 11) is 0. The summed E-state index contributed by atoms with van der Waals surface area (Å²) in [6.45, 7) is 1.87. The Labute approximate surface area is 163 Å². The number of aromatic nitrogens is 3. The summed E-state index contributed by atoms with van der Waals surface area (Å²) in [6, 6.07) is 12.5. The number of esters is 1. The molecule has 0 aliphatic heterocycles. The molecule has 4 aromatic rings. The van der Waals surface area contributed by atoms with Gasteiger partial charge in [-0.25, -0.2) is 9.18 Å². The number of rotatable bonds is 5. The van der Waals surface area contributed by atoms with Crippen LogP contribution in [0.4, 0.5) is 10.1 Å². The van der Waals surface area contributed by atoms with Gasteiger partial charge in [0.15, 0.2) is 0 Å². The standard InChI is InChI=1S/C20H15FN4O4/c1-2-28-20(27)17-24-19(29-25-17)11-4-3-5-14(9-11)22-18(26)16-10-12-8-13(21)6-7-15(12)23-16/h3-10,23H,2H2,1H3,(H,22,26). The monoisotopic (exact) mass is 394 g/mol. The quantitative estimate of drug-likeness (QED) is 0.499. The van der Waals surface area contributed by atoms with E-state index in [2.05, 4.69) is 20.4 Å². The van der Waals surface area contributed by atoms with Crippen molar-refractivity contribution in [3.8, 4) is 11.5 Å². The van der Waals surface area contributed by atoms with Crippen molar-refractivity contribution in [2.45, 2.75) is 6.92 Å². The van der Waals surface area contributed by atoms with E-state index in [1.165, 1.54) is 12.1 Å². The van der Waals surface area contributed by atoms with Crippen LogP contribution < -0.4 is 5.32 Å². The molecule has 0 unspecified atom stereocenters. The molecular weight excluding hydrogens is 379 g/mol. The number of nitrogens with one attached hydrogen (secondary N) is 2. The van der Waals surface area contributed by atoms with Crippen molar-refractivity contribution >= 4 is 28.5 Å². The number of carbonyl (C=O) groups is 2. The first-order chi connectivity index (χ1) is 14.0. The fourth-order valence-electron chi connectivity index (χ4n) is 2.77. The molecule has 2 aromatic heterocycles. The van der Waals surface area contributed by atoms with Crippen molar-refractivity contribution in [3.05, 3.63) is 65.9 Å². The van der Waals surface area contributed by atoms with E-state index in [1.807, 2.05) is 0 Å². The van der Waals surface area contributed by atoms with Gasteiger partial charge >= 0.3 is 5.97 Å². The first kappa shape index (κ1) is 18.4. The van der Waals surface area contributed by atoms with Crippen LogP contribution >= 0.6 is 0 Å². The molecule has 2 aromatic carbocycles. The van der Waals surface area contributed by atoms with Crippen LogP contribution in [0.5, 0.6) is 0 Å². The van der Waals surface area contributed by atoms with E-state index in [0.29, 0.717) is 27.8 Å². The van der Waals surface area contributed by atoms with Crippen molar-refractivity contribution in [3.63, 3.8) is 0 Å². The lowest BCUT2D eigenvalue weighted by atomic mass is 10.2. The summed E-state index contributed by atoms with van der Waals surface area (Å²) in [4.78, 5) is 31.1. The van der Waals surface area contributed by atoms with Gasteiger partial charge < -0.3 is 19.6 Å². The topological polar surface area (TPSA) is 110 Å². The van der Waals surface area contributed by atoms with Gasteiger partial charge in [-0.05, 0) is 54.5 Å². The van der Waals surface area contributed by atoms with Crippen LogP contribution in [0, 0.1) is 5.82 Å². The highest BCUT2D eigenvalue weighted by Gasteiger charge is 2.17. The van der Waals surface area contributed by atoms with E-state index in [1.54, 1.807) is 43.3 Å². The van der Waals surface area contributed by atoms with Crippen molar-refractivity contribution in [2.75, 3.05) is 11.9 Å². The Kier molecular flexibility index (Phi) is 4.78. The van der Waals surface area contributed by atoms with Crippen molar-refractivity contribution in [1.29, 1.82) is 0 Å². The number of aromatic amines is 1. The number of benzene rings is 2. The Balaban J connectivity index is 1.54. The molecule has 2 heterocycles. The van der Waals surface area contributed by atoms with Gasteiger partial charge in [0.05, 0.1) is 6.61 Å². The van der Waals surface area contributed by atoms with E-state index in [-0.39, 0.29) is 24.1 Å². The second-order valence-corrected chi connectivity index (χ2v) is 6.09. The SMILES string of the molecule is CCOC(=O)c1noc(-c2cccc(NC(=O)c3cc4cc(F)ccc4[nH]3)c2)n1. The number of anilines is 1. The molecule has 0 saturated carbocycles. The van der Waals surface area contributed by atoms with Gasteiger partial charge in [0.2, 0.25) is 0 Å². The highest BCUT2D eigenvalue weighted by atomic mass is 19.1. The number of halogens is 1. The number of hydrogen-bond acceptors (Lipinski definition) is 6. The number of carbonyl (C=O) groups excluding carboxylic acids is 2. The maximum Gasteiger partial charge on any atom is 0.379 e. The summed E-state index contributed by atoms with van der Waals surface area (Å²) in [5.41, 5.74) is 1.94. The molecule has 0 radical (unpaired) electrons. The Bertz CT molecular complexity index is 1210. The average molecular weight is 394 g/mol. The van der Waals surface area contributed by atoms with Crippen LogP contribution in [0.3, 0.4) is 0 Å². The molecule has 1 amide bonds. The first-order valence-electron chi connectivity index (χ1n) is 8.74. The van der Waals surface area contributed by atoms with Crippen molar-refractivity contribution in [2.24, 2.45) is 0 Å². The van der Waals surface area contributed by atoms with Gasteiger partial charge in [0.1, 0.15) is 11.5 Å². The molecule has 4 rings (SSSR count). The number of fused-ring (bicyclic) bond motifs is 1. The maximum atomic E-state index is 13.3. The molecule has 29 heavy (non-hydrogen) atoms. The number of ether oxygens (including phenoxy) is 1. The number of H-pyrrole nitrogens is 1. The molecule has 0 atom stereocenters. The Morgan fingerprint density at radius 1 is 1.21 bits per heavy atom. The maximum absolute atomic E-state index is 13.3. The lowest BCUT2D eigenvalue weighted by Crippen LogP contribution is -2.12. The lowest BCUT2D eigenvalue weighted by Gasteiger charge is -2.04. The van der Waals surface area contributed by atoms with Gasteiger partial charge in [-0.3, -0.25) is 4.79 Å². The van der Waals surface area contributed by atoms with Gasteiger partial charge in [-0.1, -0.05) is 6.07 Å². The van der Waals surface area contributed by atoms with Crippen LogP contribution in [0.25, 0.3) is 22.4 Å². The van der Waals surface area contributed by atoms with Gasteiger partial charge in [0, 0.05) is 22.2 Å². The Morgan fingerprint density at radius 2 is 2.07 bits per heavy atom. The number of amides is 1. The number of nitrogens with zero attached hydrogens (tertiary/aromatic N) is 2. The highest BCUT2D eigenvalue weighted by molar-refractivity contribution is 6.06. The summed E-state index contributed by atoms with van der Waals surface area (Å²) < 4.78 is 23.3. The molecule has 2 N–H and O–H groups in total. The predicted octanol–water partition coefficient (Wildman–Crippen LogP) is 3.79. The second kappa shape index (κ2) is 7.55. The molecule has 9 heteroatoms. The summed E-state index contributed by atoms with van der Waals surface area (Å²) >= 11 is 0. The second-order valence-electron chi connectivity index (χ2n) is 6.09.